The van der Waals surface area contributed by atoms with Crippen molar-refractivity contribution in [3.8, 4) is 0 Å². The standard InChI is InChI=1S/C9H12N2O2/c1-7-2-3-8(10-5-12)4-9(7)11-6-13/h7-9H,2-4H2,1H3/t7-,8+,9-/m1/s1. The Labute approximate surface area is 76.8 Å². The average Bonchev–Trinajstić information content (AvgIpc) is 2.12. The van der Waals surface area contributed by atoms with Crippen molar-refractivity contribution >= 4 is 12.2 Å². The lowest BCUT2D eigenvalue weighted by Gasteiger charge is -2.27. The molecule has 0 aromatic heterocycles. The van der Waals surface area contributed by atoms with Gasteiger partial charge in [0.15, 0.2) is 0 Å². The van der Waals surface area contributed by atoms with Crippen LogP contribution in [0.3, 0.4) is 0 Å². The van der Waals surface area contributed by atoms with Crippen LogP contribution in [-0.4, -0.2) is 24.2 Å². The first-order chi connectivity index (χ1) is 6.27. The molecule has 70 valence electrons. The Kier molecular flexibility index (Phi) is 3.56. The van der Waals surface area contributed by atoms with Gasteiger partial charge in [0.2, 0.25) is 12.2 Å². The normalized spacial score (nSPS) is 32.8. The summed E-state index contributed by atoms with van der Waals surface area (Å²) in [5, 5.41) is 0. The molecule has 1 fully saturated rings. The van der Waals surface area contributed by atoms with Crippen molar-refractivity contribution in [3.63, 3.8) is 0 Å². The first kappa shape index (κ1) is 9.85. The summed E-state index contributed by atoms with van der Waals surface area (Å²) < 4.78 is 0. The van der Waals surface area contributed by atoms with Gasteiger partial charge >= 0.3 is 0 Å². The second kappa shape index (κ2) is 4.70. The van der Waals surface area contributed by atoms with Crippen LogP contribution in [0.1, 0.15) is 26.2 Å². The van der Waals surface area contributed by atoms with E-state index in [4.69, 9.17) is 0 Å². The summed E-state index contributed by atoms with van der Waals surface area (Å²) in [6.07, 6.45) is 5.63. The Bertz CT molecular complexity index is 265. The zero-order valence-corrected chi connectivity index (χ0v) is 7.56. The molecule has 13 heavy (non-hydrogen) atoms. The van der Waals surface area contributed by atoms with Gasteiger partial charge in [-0.25, -0.2) is 19.6 Å². The van der Waals surface area contributed by atoms with Gasteiger partial charge in [0.25, 0.3) is 0 Å². The lowest BCUT2D eigenvalue weighted by atomic mass is 9.83. The molecule has 3 atom stereocenters. The minimum atomic E-state index is -0.0200. The molecule has 0 N–H and O–H groups in total. The summed E-state index contributed by atoms with van der Waals surface area (Å²) in [5.74, 6) is 0.388. The first-order valence-electron chi connectivity index (χ1n) is 4.42. The largest absolute Gasteiger partial charge is 0.235 e. The van der Waals surface area contributed by atoms with E-state index in [9.17, 15) is 9.59 Å². The van der Waals surface area contributed by atoms with Crippen molar-refractivity contribution in [1.29, 1.82) is 0 Å². The summed E-state index contributed by atoms with van der Waals surface area (Å²) >= 11 is 0. The highest BCUT2D eigenvalue weighted by Crippen LogP contribution is 2.27. The molecule has 0 aromatic carbocycles. The summed E-state index contributed by atoms with van der Waals surface area (Å²) in [7, 11) is 0. The fraction of sp³-hybridized carbons (Fsp3) is 0.778. The van der Waals surface area contributed by atoms with E-state index < -0.39 is 0 Å². The zero-order chi connectivity index (χ0) is 9.68. The molecular formula is C9H12N2O2. The monoisotopic (exact) mass is 180 g/mol. The number of hydrogen-bond donors (Lipinski definition) is 0. The van der Waals surface area contributed by atoms with Gasteiger partial charge in [0, 0.05) is 0 Å². The van der Waals surface area contributed by atoms with E-state index in [0.717, 1.165) is 12.8 Å². The molecule has 0 heterocycles. The maximum atomic E-state index is 10.1. The van der Waals surface area contributed by atoms with Crippen LogP contribution in [0.25, 0.3) is 0 Å². The second-order valence-electron chi connectivity index (χ2n) is 3.45. The van der Waals surface area contributed by atoms with Gasteiger partial charge < -0.3 is 0 Å². The van der Waals surface area contributed by atoms with Gasteiger partial charge in [0.1, 0.15) is 0 Å². The van der Waals surface area contributed by atoms with Crippen LogP contribution in [0.4, 0.5) is 0 Å². The SMILES string of the molecule is C[C@@H]1CC[C@H](N=C=O)C[C@H]1N=C=O. The molecule has 1 aliphatic rings. The third kappa shape index (κ3) is 2.62. The zero-order valence-electron chi connectivity index (χ0n) is 7.56. The van der Waals surface area contributed by atoms with E-state index in [2.05, 4.69) is 9.98 Å². The van der Waals surface area contributed by atoms with E-state index in [1.807, 2.05) is 6.92 Å². The number of aliphatic imine (C=N–C) groups is 2. The molecule has 0 bridgehead atoms. The topological polar surface area (TPSA) is 58.9 Å². The molecule has 0 amide bonds. The number of carbonyl (C=O) groups excluding carboxylic acids is 2. The van der Waals surface area contributed by atoms with Gasteiger partial charge in [-0.15, -0.1) is 0 Å². The minimum Gasteiger partial charge on any atom is -0.211 e. The van der Waals surface area contributed by atoms with Crippen LogP contribution in [0.15, 0.2) is 9.98 Å². The Balaban J connectivity index is 2.62. The van der Waals surface area contributed by atoms with Crippen molar-refractivity contribution < 1.29 is 9.59 Å². The Morgan fingerprint density at radius 1 is 1.15 bits per heavy atom. The van der Waals surface area contributed by atoms with Gasteiger partial charge in [-0.2, -0.15) is 0 Å². The molecule has 0 saturated heterocycles. The van der Waals surface area contributed by atoms with E-state index in [0.29, 0.717) is 12.3 Å². The highest BCUT2D eigenvalue weighted by atomic mass is 16.1. The van der Waals surface area contributed by atoms with Crippen LogP contribution in [0.2, 0.25) is 0 Å². The van der Waals surface area contributed by atoms with E-state index in [1.165, 1.54) is 0 Å². The van der Waals surface area contributed by atoms with Crippen molar-refractivity contribution in [2.75, 3.05) is 0 Å². The van der Waals surface area contributed by atoms with E-state index in [1.54, 1.807) is 12.2 Å². The number of nitrogens with zero attached hydrogens (tertiary/aromatic N) is 2. The van der Waals surface area contributed by atoms with Crippen LogP contribution in [0.5, 0.6) is 0 Å². The minimum absolute atomic E-state index is 0.00389. The maximum Gasteiger partial charge on any atom is 0.235 e. The molecule has 0 unspecified atom stereocenters. The van der Waals surface area contributed by atoms with Gasteiger partial charge in [0.05, 0.1) is 12.1 Å². The number of isocyanates is 2. The fourth-order valence-electron chi connectivity index (χ4n) is 1.72. The summed E-state index contributed by atoms with van der Waals surface area (Å²) in [6, 6.07) is -0.0239. The Hall–Kier alpha value is -1.24. The molecule has 1 aliphatic carbocycles. The third-order valence-corrected chi connectivity index (χ3v) is 2.58. The predicted octanol–water partition coefficient (Wildman–Crippen LogP) is 1.22. The highest BCUT2D eigenvalue weighted by Gasteiger charge is 2.27. The lowest BCUT2D eigenvalue weighted by molar-refractivity contribution is 0.302. The van der Waals surface area contributed by atoms with Gasteiger partial charge in [-0.3, -0.25) is 0 Å². The molecule has 4 heteroatoms. The van der Waals surface area contributed by atoms with E-state index >= 15 is 0 Å². The van der Waals surface area contributed by atoms with Crippen LogP contribution >= 0.6 is 0 Å². The summed E-state index contributed by atoms with van der Waals surface area (Å²) in [6.45, 7) is 2.05. The molecular weight excluding hydrogens is 168 g/mol. The van der Waals surface area contributed by atoms with Crippen molar-refractivity contribution in [2.24, 2.45) is 15.9 Å². The second-order valence-corrected chi connectivity index (χ2v) is 3.45. The van der Waals surface area contributed by atoms with E-state index in [-0.39, 0.29) is 12.1 Å². The number of rotatable bonds is 2. The smallest absolute Gasteiger partial charge is 0.211 e. The van der Waals surface area contributed by atoms with Crippen LogP contribution in [0, 0.1) is 5.92 Å². The summed E-state index contributed by atoms with van der Waals surface area (Å²) in [5.41, 5.74) is 0. The Morgan fingerprint density at radius 2 is 1.85 bits per heavy atom. The average molecular weight is 180 g/mol. The molecule has 0 spiro atoms. The van der Waals surface area contributed by atoms with Crippen molar-refractivity contribution in [3.05, 3.63) is 0 Å². The quantitative estimate of drug-likeness (QED) is 0.473. The molecule has 0 aromatic rings. The van der Waals surface area contributed by atoms with Crippen molar-refractivity contribution in [2.45, 2.75) is 38.3 Å². The summed E-state index contributed by atoms with van der Waals surface area (Å²) in [4.78, 5) is 27.5. The number of hydrogen-bond acceptors (Lipinski definition) is 4. The molecule has 1 rings (SSSR count). The molecule has 0 aliphatic heterocycles. The van der Waals surface area contributed by atoms with Crippen molar-refractivity contribution in [1.82, 2.24) is 0 Å². The fourth-order valence-corrected chi connectivity index (χ4v) is 1.72. The Morgan fingerprint density at radius 3 is 2.46 bits per heavy atom. The van der Waals surface area contributed by atoms with Gasteiger partial charge in [-0.05, 0) is 25.2 Å². The third-order valence-electron chi connectivity index (χ3n) is 2.58. The first-order valence-corrected chi connectivity index (χ1v) is 4.42. The molecule has 4 nitrogen and oxygen atoms in total. The van der Waals surface area contributed by atoms with Crippen LogP contribution in [-0.2, 0) is 9.59 Å². The van der Waals surface area contributed by atoms with Gasteiger partial charge in [-0.1, -0.05) is 6.92 Å². The molecule has 1 saturated carbocycles. The maximum absolute atomic E-state index is 10.1. The lowest BCUT2D eigenvalue weighted by Crippen LogP contribution is -2.28. The predicted molar refractivity (Wildman–Crippen MR) is 46.8 cm³/mol. The van der Waals surface area contributed by atoms with Crippen LogP contribution < -0.4 is 0 Å². The highest BCUT2D eigenvalue weighted by molar-refractivity contribution is 5.35. The molecule has 0 radical (unpaired) electrons.